The summed E-state index contributed by atoms with van der Waals surface area (Å²) in [5.41, 5.74) is 0.998. The molecule has 0 radical (unpaired) electrons. The minimum Gasteiger partial charge on any atom is -0.342 e. The molecule has 1 aromatic rings. The van der Waals surface area contributed by atoms with Gasteiger partial charge in [0, 0.05) is 25.5 Å². The van der Waals surface area contributed by atoms with Crippen LogP contribution in [0.3, 0.4) is 0 Å². The van der Waals surface area contributed by atoms with E-state index in [4.69, 9.17) is 0 Å². The van der Waals surface area contributed by atoms with Crippen LogP contribution in [-0.2, 0) is 11.2 Å². The molecule has 0 aromatic carbocycles. The highest BCUT2D eigenvalue weighted by atomic mass is 35.5. The molecular weight excluding hydrogens is 262 g/mol. The van der Waals surface area contributed by atoms with Crippen LogP contribution in [0.4, 0.5) is 0 Å². The average molecular weight is 284 g/mol. The summed E-state index contributed by atoms with van der Waals surface area (Å²) in [7, 11) is 1.97. The summed E-state index contributed by atoms with van der Waals surface area (Å²) in [6.45, 7) is 2.79. The molecule has 0 aliphatic carbocycles. The van der Waals surface area contributed by atoms with Crippen LogP contribution in [0.2, 0.25) is 0 Å². The summed E-state index contributed by atoms with van der Waals surface area (Å²) in [6, 6.07) is 3.84. The Morgan fingerprint density at radius 1 is 1.58 bits per heavy atom. The van der Waals surface area contributed by atoms with Gasteiger partial charge in [0.1, 0.15) is 0 Å². The van der Waals surface area contributed by atoms with Crippen LogP contribution in [-0.4, -0.2) is 42.5 Å². The Morgan fingerprint density at radius 2 is 2.42 bits per heavy atom. The van der Waals surface area contributed by atoms with Gasteiger partial charge in [-0.25, -0.2) is 0 Å². The van der Waals surface area contributed by atoms with Crippen molar-refractivity contribution in [3.8, 4) is 0 Å². The fourth-order valence-electron chi connectivity index (χ4n) is 2.54. The maximum atomic E-state index is 12.2. The van der Waals surface area contributed by atoms with Gasteiger partial charge in [0.05, 0.1) is 6.42 Å². The van der Waals surface area contributed by atoms with Gasteiger partial charge in [-0.05, 0) is 44.0 Å². The molecule has 1 aliphatic heterocycles. The van der Waals surface area contributed by atoms with Crippen molar-refractivity contribution in [3.05, 3.63) is 30.1 Å². The number of halogens is 1. The number of carbonyl (C=O) groups is 1. The first kappa shape index (κ1) is 15.9. The number of hydrogen-bond donors (Lipinski definition) is 1. The minimum absolute atomic E-state index is 0. The lowest BCUT2D eigenvalue weighted by Gasteiger charge is -2.32. The Hall–Kier alpha value is -1.13. The third kappa shape index (κ3) is 4.80. The molecule has 1 unspecified atom stereocenters. The highest BCUT2D eigenvalue weighted by Crippen LogP contribution is 2.16. The first-order chi connectivity index (χ1) is 8.79. The van der Waals surface area contributed by atoms with Gasteiger partial charge < -0.3 is 10.2 Å². The molecule has 1 atom stereocenters. The highest BCUT2D eigenvalue weighted by Gasteiger charge is 2.22. The third-order valence-corrected chi connectivity index (χ3v) is 3.44. The molecule has 0 saturated carbocycles. The third-order valence-electron chi connectivity index (χ3n) is 3.44. The van der Waals surface area contributed by atoms with Gasteiger partial charge in [-0.15, -0.1) is 12.4 Å². The predicted octanol–water partition coefficient (Wildman–Crippen LogP) is 1.50. The molecule has 2 rings (SSSR count). The predicted molar refractivity (Wildman–Crippen MR) is 78.4 cm³/mol. The number of aromatic nitrogens is 1. The molecule has 106 valence electrons. The minimum atomic E-state index is 0. The van der Waals surface area contributed by atoms with E-state index in [1.807, 2.05) is 24.1 Å². The zero-order valence-corrected chi connectivity index (χ0v) is 12.2. The molecule has 1 saturated heterocycles. The zero-order chi connectivity index (χ0) is 12.8. The Bertz CT molecular complexity index is 384. The largest absolute Gasteiger partial charge is 0.342 e. The SMILES string of the molecule is CNCC1CCCN(C(=O)Cc2cccnc2)C1.Cl. The molecule has 1 fully saturated rings. The zero-order valence-electron chi connectivity index (χ0n) is 11.3. The molecule has 5 heteroatoms. The summed E-state index contributed by atoms with van der Waals surface area (Å²) < 4.78 is 0. The molecule has 1 N–H and O–H groups in total. The lowest BCUT2D eigenvalue weighted by Crippen LogP contribution is -2.43. The van der Waals surface area contributed by atoms with Crippen molar-refractivity contribution in [2.45, 2.75) is 19.3 Å². The van der Waals surface area contributed by atoms with Crippen LogP contribution < -0.4 is 5.32 Å². The van der Waals surface area contributed by atoms with Crippen molar-refractivity contribution < 1.29 is 4.79 Å². The molecule has 1 aliphatic rings. The van der Waals surface area contributed by atoms with E-state index >= 15 is 0 Å². The number of amides is 1. The van der Waals surface area contributed by atoms with Gasteiger partial charge in [-0.1, -0.05) is 6.07 Å². The molecule has 19 heavy (non-hydrogen) atoms. The van der Waals surface area contributed by atoms with E-state index in [2.05, 4.69) is 10.3 Å². The molecule has 1 amide bonds. The van der Waals surface area contributed by atoms with Crippen LogP contribution in [0.1, 0.15) is 18.4 Å². The number of carbonyl (C=O) groups excluding carboxylic acids is 1. The average Bonchev–Trinajstić information content (AvgIpc) is 2.40. The van der Waals surface area contributed by atoms with E-state index in [-0.39, 0.29) is 18.3 Å². The summed E-state index contributed by atoms with van der Waals surface area (Å²) in [5, 5.41) is 3.20. The maximum absolute atomic E-state index is 12.2. The van der Waals surface area contributed by atoms with Crippen molar-refractivity contribution >= 4 is 18.3 Å². The normalized spacial score (nSPS) is 18.8. The van der Waals surface area contributed by atoms with Crippen molar-refractivity contribution in [2.24, 2.45) is 5.92 Å². The molecular formula is C14H22ClN3O. The first-order valence-electron chi connectivity index (χ1n) is 6.61. The topological polar surface area (TPSA) is 45.2 Å². The van der Waals surface area contributed by atoms with E-state index in [1.54, 1.807) is 12.4 Å². The maximum Gasteiger partial charge on any atom is 0.227 e. The number of rotatable bonds is 4. The monoisotopic (exact) mass is 283 g/mol. The smallest absolute Gasteiger partial charge is 0.227 e. The summed E-state index contributed by atoms with van der Waals surface area (Å²) in [4.78, 5) is 18.2. The van der Waals surface area contributed by atoms with Crippen LogP contribution in [0.15, 0.2) is 24.5 Å². The number of hydrogen-bond acceptors (Lipinski definition) is 3. The highest BCUT2D eigenvalue weighted by molar-refractivity contribution is 5.85. The Balaban J connectivity index is 0.00000180. The van der Waals surface area contributed by atoms with E-state index in [9.17, 15) is 4.79 Å². The van der Waals surface area contributed by atoms with Gasteiger partial charge in [-0.3, -0.25) is 9.78 Å². The molecule has 1 aromatic heterocycles. The van der Waals surface area contributed by atoms with E-state index in [0.29, 0.717) is 12.3 Å². The fraction of sp³-hybridized carbons (Fsp3) is 0.571. The van der Waals surface area contributed by atoms with Crippen molar-refractivity contribution in [2.75, 3.05) is 26.7 Å². The molecule has 2 heterocycles. The van der Waals surface area contributed by atoms with Crippen LogP contribution in [0.25, 0.3) is 0 Å². The van der Waals surface area contributed by atoms with Crippen LogP contribution in [0, 0.1) is 5.92 Å². The number of likely N-dealkylation sites (tertiary alicyclic amines) is 1. The number of pyridine rings is 1. The Labute approximate surface area is 121 Å². The van der Waals surface area contributed by atoms with Crippen molar-refractivity contribution in [1.82, 2.24) is 15.2 Å². The van der Waals surface area contributed by atoms with Crippen molar-refractivity contribution in [1.29, 1.82) is 0 Å². The van der Waals surface area contributed by atoms with Gasteiger partial charge in [0.25, 0.3) is 0 Å². The molecule has 4 nitrogen and oxygen atoms in total. The lowest BCUT2D eigenvalue weighted by molar-refractivity contribution is -0.132. The lowest BCUT2D eigenvalue weighted by atomic mass is 9.97. The molecule has 0 bridgehead atoms. The Morgan fingerprint density at radius 3 is 3.11 bits per heavy atom. The van der Waals surface area contributed by atoms with E-state index in [0.717, 1.165) is 31.6 Å². The van der Waals surface area contributed by atoms with Crippen molar-refractivity contribution in [3.63, 3.8) is 0 Å². The quantitative estimate of drug-likeness (QED) is 0.911. The first-order valence-corrected chi connectivity index (χ1v) is 6.61. The standard InChI is InChI=1S/C14H21N3O.ClH/c1-15-9-13-5-3-7-17(11-13)14(18)8-12-4-2-6-16-10-12;/h2,4,6,10,13,15H,3,5,7-9,11H2,1H3;1H. The fourth-order valence-corrected chi connectivity index (χ4v) is 2.54. The van der Waals surface area contributed by atoms with Gasteiger partial charge >= 0.3 is 0 Å². The number of piperidine rings is 1. The second-order valence-corrected chi connectivity index (χ2v) is 4.94. The van der Waals surface area contributed by atoms with Gasteiger partial charge in [0.15, 0.2) is 0 Å². The summed E-state index contributed by atoms with van der Waals surface area (Å²) in [6.07, 6.45) is 6.31. The van der Waals surface area contributed by atoms with E-state index in [1.165, 1.54) is 6.42 Å². The Kier molecular flexibility index (Phi) is 6.81. The summed E-state index contributed by atoms with van der Waals surface area (Å²) >= 11 is 0. The molecule has 0 spiro atoms. The second-order valence-electron chi connectivity index (χ2n) is 4.94. The van der Waals surface area contributed by atoms with Gasteiger partial charge in [-0.2, -0.15) is 0 Å². The van der Waals surface area contributed by atoms with Crippen LogP contribution >= 0.6 is 12.4 Å². The second kappa shape index (κ2) is 8.12. The number of nitrogens with one attached hydrogen (secondary N) is 1. The van der Waals surface area contributed by atoms with Gasteiger partial charge in [0.2, 0.25) is 5.91 Å². The van der Waals surface area contributed by atoms with E-state index < -0.39 is 0 Å². The van der Waals surface area contributed by atoms with Crippen LogP contribution in [0.5, 0.6) is 0 Å². The number of nitrogens with zero attached hydrogens (tertiary/aromatic N) is 2. The summed E-state index contributed by atoms with van der Waals surface area (Å²) in [5.74, 6) is 0.824.